The van der Waals surface area contributed by atoms with Crippen molar-refractivity contribution < 1.29 is 13.2 Å². The van der Waals surface area contributed by atoms with Gasteiger partial charge in [-0.05, 0) is 48.5 Å². The molecule has 8 heteroatoms. The Kier molecular flexibility index (Phi) is 5.70. The van der Waals surface area contributed by atoms with Crippen LogP contribution in [0.25, 0.3) is 0 Å². The Morgan fingerprint density at radius 2 is 1.37 bits per heavy atom. The van der Waals surface area contributed by atoms with Crippen molar-refractivity contribution in [1.29, 1.82) is 0 Å². The normalized spacial score (nSPS) is 11.0. The number of carbonyl (C=O) groups is 1. The summed E-state index contributed by atoms with van der Waals surface area (Å²) in [7, 11) is -3.69. The van der Waals surface area contributed by atoms with E-state index >= 15 is 0 Å². The number of hydrogen-bond donors (Lipinski definition) is 2. The fourth-order valence-electron chi connectivity index (χ4n) is 2.31. The molecular formula is C19H14Cl2N2O3S. The molecule has 0 aliphatic carbocycles. The highest BCUT2D eigenvalue weighted by Gasteiger charge is 2.15. The second-order valence-corrected chi connectivity index (χ2v) is 8.04. The number of rotatable bonds is 5. The Morgan fingerprint density at radius 3 is 1.96 bits per heavy atom. The van der Waals surface area contributed by atoms with Crippen molar-refractivity contribution in [2.24, 2.45) is 0 Å². The lowest BCUT2D eigenvalue weighted by atomic mass is 10.2. The van der Waals surface area contributed by atoms with Crippen LogP contribution in [0.5, 0.6) is 0 Å². The van der Waals surface area contributed by atoms with Crippen LogP contribution in [0, 0.1) is 0 Å². The van der Waals surface area contributed by atoms with E-state index in [1.165, 1.54) is 36.4 Å². The van der Waals surface area contributed by atoms with Gasteiger partial charge < -0.3 is 5.32 Å². The summed E-state index contributed by atoms with van der Waals surface area (Å²) in [5, 5.41) is 3.29. The first-order chi connectivity index (χ1) is 12.9. The number of hydrogen-bond acceptors (Lipinski definition) is 3. The fraction of sp³-hybridized carbons (Fsp3) is 0. The standard InChI is InChI=1S/C19H14Cl2N2O3S/c20-16-7-4-8-17(21)18(16)22-19(24)13-9-11-14(12-10-13)23-27(25,26)15-5-2-1-3-6-15/h1-12,23H,(H,22,24). The maximum Gasteiger partial charge on any atom is 0.261 e. The van der Waals surface area contributed by atoms with E-state index in [2.05, 4.69) is 10.0 Å². The van der Waals surface area contributed by atoms with E-state index in [0.29, 0.717) is 27.0 Å². The number of nitrogens with one attached hydrogen (secondary N) is 2. The van der Waals surface area contributed by atoms with Gasteiger partial charge in [-0.1, -0.05) is 47.5 Å². The molecule has 0 aromatic heterocycles. The molecule has 138 valence electrons. The summed E-state index contributed by atoms with van der Waals surface area (Å²) in [6.45, 7) is 0. The van der Waals surface area contributed by atoms with E-state index in [1.807, 2.05) is 0 Å². The van der Waals surface area contributed by atoms with Crippen molar-refractivity contribution >= 4 is 50.5 Å². The minimum atomic E-state index is -3.69. The molecule has 0 aliphatic heterocycles. The Bertz CT molecular complexity index is 1050. The lowest BCUT2D eigenvalue weighted by Crippen LogP contribution is -2.14. The van der Waals surface area contributed by atoms with Crippen LogP contribution < -0.4 is 10.0 Å². The summed E-state index contributed by atoms with van der Waals surface area (Å²) in [5.41, 5.74) is 0.986. The SMILES string of the molecule is O=C(Nc1c(Cl)cccc1Cl)c1ccc(NS(=O)(=O)c2ccccc2)cc1. The predicted octanol–water partition coefficient (Wildman–Crippen LogP) is 5.05. The second-order valence-electron chi connectivity index (χ2n) is 5.55. The van der Waals surface area contributed by atoms with Gasteiger partial charge >= 0.3 is 0 Å². The number of halogens is 2. The zero-order valence-corrected chi connectivity index (χ0v) is 16.1. The second kappa shape index (κ2) is 8.00. The first kappa shape index (κ1) is 19.2. The first-order valence-electron chi connectivity index (χ1n) is 7.80. The minimum Gasteiger partial charge on any atom is -0.319 e. The molecule has 0 heterocycles. The molecule has 0 unspecified atom stereocenters. The minimum absolute atomic E-state index is 0.153. The maximum atomic E-state index is 12.4. The van der Waals surface area contributed by atoms with E-state index in [4.69, 9.17) is 23.2 Å². The fourth-order valence-corrected chi connectivity index (χ4v) is 3.88. The highest BCUT2D eigenvalue weighted by molar-refractivity contribution is 7.92. The molecule has 3 rings (SSSR count). The van der Waals surface area contributed by atoms with Crippen LogP contribution in [-0.2, 0) is 10.0 Å². The predicted molar refractivity (Wildman–Crippen MR) is 108 cm³/mol. The third-order valence-corrected chi connectivity index (χ3v) is 5.68. The lowest BCUT2D eigenvalue weighted by molar-refractivity contribution is 0.102. The molecule has 1 amide bonds. The molecule has 0 saturated heterocycles. The Morgan fingerprint density at radius 1 is 0.778 bits per heavy atom. The summed E-state index contributed by atoms with van der Waals surface area (Å²) in [4.78, 5) is 12.5. The van der Waals surface area contributed by atoms with Crippen LogP contribution in [0.2, 0.25) is 10.0 Å². The molecule has 0 atom stereocenters. The van der Waals surface area contributed by atoms with Crippen LogP contribution >= 0.6 is 23.2 Å². The smallest absolute Gasteiger partial charge is 0.261 e. The van der Waals surface area contributed by atoms with E-state index < -0.39 is 15.9 Å². The summed E-state index contributed by atoms with van der Waals surface area (Å²) in [5.74, 6) is -0.414. The van der Waals surface area contributed by atoms with E-state index in [9.17, 15) is 13.2 Å². The zero-order chi connectivity index (χ0) is 19.4. The van der Waals surface area contributed by atoms with Gasteiger partial charge in [0.2, 0.25) is 0 Å². The third kappa shape index (κ3) is 4.60. The van der Waals surface area contributed by atoms with Crippen molar-refractivity contribution in [3.63, 3.8) is 0 Å². The molecular weight excluding hydrogens is 407 g/mol. The zero-order valence-electron chi connectivity index (χ0n) is 13.8. The van der Waals surface area contributed by atoms with E-state index in [1.54, 1.807) is 36.4 Å². The number of anilines is 2. The highest BCUT2D eigenvalue weighted by Crippen LogP contribution is 2.30. The molecule has 27 heavy (non-hydrogen) atoms. The van der Waals surface area contributed by atoms with Crippen molar-refractivity contribution in [3.05, 3.63) is 88.4 Å². The van der Waals surface area contributed by atoms with Crippen molar-refractivity contribution in [2.45, 2.75) is 4.90 Å². The van der Waals surface area contributed by atoms with Gasteiger partial charge in [0.25, 0.3) is 15.9 Å². The molecule has 0 bridgehead atoms. The van der Waals surface area contributed by atoms with Gasteiger partial charge in [0, 0.05) is 11.3 Å². The summed E-state index contributed by atoms with van der Waals surface area (Å²) < 4.78 is 27.1. The van der Waals surface area contributed by atoms with Gasteiger partial charge in [-0.2, -0.15) is 0 Å². The highest BCUT2D eigenvalue weighted by atomic mass is 35.5. The average molecular weight is 421 g/mol. The summed E-state index contributed by atoms with van der Waals surface area (Å²) >= 11 is 12.1. The quantitative estimate of drug-likeness (QED) is 0.606. The van der Waals surface area contributed by atoms with Crippen molar-refractivity contribution in [1.82, 2.24) is 0 Å². The lowest BCUT2D eigenvalue weighted by Gasteiger charge is -2.10. The molecule has 2 N–H and O–H groups in total. The largest absolute Gasteiger partial charge is 0.319 e. The number of para-hydroxylation sites is 1. The molecule has 5 nitrogen and oxygen atoms in total. The van der Waals surface area contributed by atoms with Crippen LogP contribution in [0.1, 0.15) is 10.4 Å². The number of benzene rings is 3. The third-order valence-electron chi connectivity index (χ3n) is 3.65. The summed E-state index contributed by atoms with van der Waals surface area (Å²) in [6.07, 6.45) is 0. The van der Waals surface area contributed by atoms with Crippen LogP contribution in [0.4, 0.5) is 11.4 Å². The topological polar surface area (TPSA) is 75.3 Å². The Labute approximate surface area is 167 Å². The van der Waals surface area contributed by atoms with Crippen molar-refractivity contribution in [3.8, 4) is 0 Å². The first-order valence-corrected chi connectivity index (χ1v) is 10.0. The molecule has 0 fully saturated rings. The molecule has 0 aliphatic rings. The maximum absolute atomic E-state index is 12.4. The van der Waals surface area contributed by atoms with Crippen molar-refractivity contribution in [2.75, 3.05) is 10.0 Å². The number of amides is 1. The summed E-state index contributed by atoms with van der Waals surface area (Å²) in [6, 6.07) is 18.9. The van der Waals surface area contributed by atoms with Gasteiger partial charge in [-0.15, -0.1) is 0 Å². The van der Waals surface area contributed by atoms with Crippen LogP contribution in [0.3, 0.4) is 0 Å². The average Bonchev–Trinajstić information content (AvgIpc) is 2.66. The van der Waals surface area contributed by atoms with Gasteiger partial charge in [-0.25, -0.2) is 8.42 Å². The molecule has 0 radical (unpaired) electrons. The number of sulfonamides is 1. The van der Waals surface area contributed by atoms with E-state index in [0.717, 1.165) is 0 Å². The monoisotopic (exact) mass is 420 g/mol. The van der Waals surface area contributed by atoms with Crippen LogP contribution in [-0.4, -0.2) is 14.3 Å². The molecule has 0 saturated carbocycles. The van der Waals surface area contributed by atoms with Crippen LogP contribution in [0.15, 0.2) is 77.7 Å². The van der Waals surface area contributed by atoms with Gasteiger partial charge in [-0.3, -0.25) is 9.52 Å². The molecule has 3 aromatic rings. The van der Waals surface area contributed by atoms with Gasteiger partial charge in [0.1, 0.15) is 0 Å². The van der Waals surface area contributed by atoms with Gasteiger partial charge in [0.15, 0.2) is 0 Å². The van der Waals surface area contributed by atoms with E-state index in [-0.39, 0.29) is 4.90 Å². The van der Waals surface area contributed by atoms with Gasteiger partial charge in [0.05, 0.1) is 20.6 Å². The Balaban J connectivity index is 1.75. The molecule has 3 aromatic carbocycles. The number of carbonyl (C=O) groups excluding carboxylic acids is 1. The Hall–Kier alpha value is -2.54. The molecule has 0 spiro atoms.